The highest BCUT2D eigenvalue weighted by Gasteiger charge is 1.84. The molecule has 1 heterocycles. The van der Waals surface area contributed by atoms with Crippen LogP contribution < -0.4 is 5.73 Å². The lowest BCUT2D eigenvalue weighted by atomic mass is 10.6. The third kappa shape index (κ3) is 1.91. The Morgan fingerprint density at radius 3 is 3.33 bits per heavy atom. The Morgan fingerprint density at radius 1 is 1.89 bits per heavy atom. The predicted molar refractivity (Wildman–Crippen MR) is 38.8 cm³/mol. The number of rotatable bonds is 2. The Bertz CT molecular complexity index is 180. The quantitative estimate of drug-likeness (QED) is 0.609. The van der Waals surface area contributed by atoms with E-state index in [-0.39, 0.29) is 0 Å². The molecule has 0 saturated heterocycles. The number of nitrogens with two attached hydrogens (primary N) is 1. The Morgan fingerprint density at radius 2 is 2.78 bits per heavy atom. The molecule has 0 unspecified atom stereocenters. The van der Waals surface area contributed by atoms with E-state index in [1.165, 1.54) is 0 Å². The highest BCUT2D eigenvalue weighted by atomic mass is 32.1. The van der Waals surface area contributed by atoms with Crippen molar-refractivity contribution in [1.29, 1.82) is 0 Å². The normalized spacial score (nSPS) is 10.8. The molecule has 0 saturated carbocycles. The van der Waals surface area contributed by atoms with Crippen LogP contribution in [0.4, 0.5) is 0 Å². The summed E-state index contributed by atoms with van der Waals surface area (Å²) in [5.74, 6) is 0. The summed E-state index contributed by atoms with van der Waals surface area (Å²) in [4.78, 5) is 8.74. The van der Waals surface area contributed by atoms with Gasteiger partial charge in [0, 0.05) is 12.4 Å². The molecule has 9 heavy (non-hydrogen) atoms. The number of hydrogen-bond acceptors (Lipinski definition) is 4. The largest absolute Gasteiger partial charge is 0.312 e. The molecular weight excluding hydrogens is 134 g/mol. The van der Waals surface area contributed by atoms with Crippen LogP contribution in [0, 0.1) is 0 Å². The maximum atomic E-state index is 5.13. The molecule has 0 bridgehead atoms. The summed E-state index contributed by atoms with van der Waals surface area (Å²) in [7, 11) is 0. The van der Waals surface area contributed by atoms with Gasteiger partial charge in [0.15, 0.2) is 0 Å². The van der Waals surface area contributed by atoms with Crippen molar-refractivity contribution in [3.8, 4) is 0 Å². The molecule has 0 aromatic carbocycles. The van der Waals surface area contributed by atoms with E-state index in [4.69, 9.17) is 5.73 Å². The summed E-state index contributed by atoms with van der Waals surface area (Å²) < 4.78 is 0. The number of aromatic nitrogens is 1. The molecule has 1 aromatic rings. The minimum Gasteiger partial charge on any atom is -0.312 e. The lowest BCUT2D eigenvalue weighted by Crippen LogP contribution is -1.93. The van der Waals surface area contributed by atoms with Crippen molar-refractivity contribution in [2.75, 3.05) is 6.67 Å². The van der Waals surface area contributed by atoms with Crippen molar-refractivity contribution in [1.82, 2.24) is 4.98 Å². The van der Waals surface area contributed by atoms with Crippen LogP contribution >= 0.6 is 11.3 Å². The van der Waals surface area contributed by atoms with Crippen LogP contribution in [0.25, 0.3) is 0 Å². The van der Waals surface area contributed by atoms with Crippen LogP contribution in [-0.4, -0.2) is 17.9 Å². The van der Waals surface area contributed by atoms with Crippen molar-refractivity contribution in [3.05, 3.63) is 16.6 Å². The fourth-order valence-corrected chi connectivity index (χ4v) is 0.933. The first-order valence-corrected chi connectivity index (χ1v) is 3.40. The summed E-state index contributed by atoms with van der Waals surface area (Å²) in [6.07, 6.45) is 3.47. The minimum atomic E-state index is 0.345. The molecule has 1 aromatic heterocycles. The lowest BCUT2D eigenvalue weighted by molar-refractivity contribution is 1.08. The summed E-state index contributed by atoms with van der Waals surface area (Å²) >= 11 is 1.55. The van der Waals surface area contributed by atoms with Crippen LogP contribution in [0.15, 0.2) is 16.7 Å². The molecular formula is C5H7N3S. The maximum Gasteiger partial charge on any atom is 0.0859 e. The molecule has 0 amide bonds. The van der Waals surface area contributed by atoms with E-state index in [2.05, 4.69) is 9.98 Å². The van der Waals surface area contributed by atoms with E-state index < -0.39 is 0 Å². The van der Waals surface area contributed by atoms with Gasteiger partial charge < -0.3 is 5.73 Å². The molecule has 2 N–H and O–H groups in total. The Balaban J connectivity index is 2.57. The van der Waals surface area contributed by atoms with E-state index in [9.17, 15) is 0 Å². The van der Waals surface area contributed by atoms with E-state index in [0.29, 0.717) is 6.67 Å². The van der Waals surface area contributed by atoms with Crippen LogP contribution in [-0.2, 0) is 0 Å². The standard InChI is InChI=1S/C5H7N3S/c6-3-7-1-5-2-8-4-9-5/h1-2,4H,3,6H2/b7-1+. The second-order valence-corrected chi connectivity index (χ2v) is 2.32. The first kappa shape index (κ1) is 6.38. The Hall–Kier alpha value is -0.740. The number of hydrogen-bond donors (Lipinski definition) is 1. The molecule has 4 heteroatoms. The molecule has 1 rings (SSSR count). The van der Waals surface area contributed by atoms with E-state index in [1.54, 1.807) is 29.3 Å². The van der Waals surface area contributed by atoms with Gasteiger partial charge in [-0.05, 0) is 0 Å². The second kappa shape index (κ2) is 3.32. The zero-order valence-corrected chi connectivity index (χ0v) is 5.64. The summed E-state index contributed by atoms with van der Waals surface area (Å²) in [5, 5.41) is 0. The first-order valence-electron chi connectivity index (χ1n) is 2.52. The fraction of sp³-hybridized carbons (Fsp3) is 0.200. The summed E-state index contributed by atoms with van der Waals surface area (Å²) in [5.41, 5.74) is 6.89. The zero-order chi connectivity index (χ0) is 6.53. The molecule has 0 aliphatic rings. The van der Waals surface area contributed by atoms with Crippen molar-refractivity contribution < 1.29 is 0 Å². The van der Waals surface area contributed by atoms with Gasteiger partial charge in [-0.1, -0.05) is 0 Å². The predicted octanol–water partition coefficient (Wildman–Crippen LogP) is 0.478. The van der Waals surface area contributed by atoms with Gasteiger partial charge in [-0.2, -0.15) is 0 Å². The van der Waals surface area contributed by atoms with Gasteiger partial charge in [0.2, 0.25) is 0 Å². The van der Waals surface area contributed by atoms with Gasteiger partial charge >= 0.3 is 0 Å². The van der Waals surface area contributed by atoms with Crippen molar-refractivity contribution in [2.24, 2.45) is 10.7 Å². The third-order valence-corrected chi connectivity index (χ3v) is 1.49. The van der Waals surface area contributed by atoms with E-state index >= 15 is 0 Å². The smallest absolute Gasteiger partial charge is 0.0859 e. The summed E-state index contributed by atoms with van der Waals surface area (Å²) in [6.45, 7) is 0.345. The van der Waals surface area contributed by atoms with Gasteiger partial charge in [-0.15, -0.1) is 11.3 Å². The van der Waals surface area contributed by atoms with Gasteiger partial charge in [0.25, 0.3) is 0 Å². The minimum absolute atomic E-state index is 0.345. The third-order valence-electron chi connectivity index (χ3n) is 0.775. The van der Waals surface area contributed by atoms with Crippen molar-refractivity contribution in [3.63, 3.8) is 0 Å². The Kier molecular flexibility index (Phi) is 2.35. The SMILES string of the molecule is NC/N=C/c1cncs1. The van der Waals surface area contributed by atoms with Crippen molar-refractivity contribution >= 4 is 17.6 Å². The molecule has 0 atom stereocenters. The van der Waals surface area contributed by atoms with Gasteiger partial charge in [-0.3, -0.25) is 9.98 Å². The average molecular weight is 141 g/mol. The molecule has 48 valence electrons. The van der Waals surface area contributed by atoms with Crippen LogP contribution in [0.3, 0.4) is 0 Å². The highest BCUT2D eigenvalue weighted by molar-refractivity contribution is 7.11. The van der Waals surface area contributed by atoms with Gasteiger partial charge in [0.05, 0.1) is 17.1 Å². The lowest BCUT2D eigenvalue weighted by Gasteiger charge is -1.78. The molecule has 0 radical (unpaired) electrons. The maximum absolute atomic E-state index is 5.13. The van der Waals surface area contributed by atoms with Gasteiger partial charge in [-0.25, -0.2) is 0 Å². The molecule has 3 nitrogen and oxygen atoms in total. The molecule has 0 spiro atoms. The summed E-state index contributed by atoms with van der Waals surface area (Å²) in [6, 6.07) is 0. The van der Waals surface area contributed by atoms with Crippen LogP contribution in [0.5, 0.6) is 0 Å². The monoisotopic (exact) mass is 141 g/mol. The molecule has 0 aliphatic carbocycles. The number of aliphatic imine (C=N–C) groups is 1. The topological polar surface area (TPSA) is 51.3 Å². The number of thiazole rings is 1. The number of nitrogens with zero attached hydrogens (tertiary/aromatic N) is 2. The molecule has 0 aliphatic heterocycles. The zero-order valence-electron chi connectivity index (χ0n) is 4.82. The van der Waals surface area contributed by atoms with E-state index in [0.717, 1.165) is 4.88 Å². The van der Waals surface area contributed by atoms with Crippen LogP contribution in [0.2, 0.25) is 0 Å². The van der Waals surface area contributed by atoms with E-state index in [1.807, 2.05) is 0 Å². The van der Waals surface area contributed by atoms with Crippen molar-refractivity contribution in [2.45, 2.75) is 0 Å². The average Bonchev–Trinajstić information content (AvgIpc) is 2.34. The second-order valence-electron chi connectivity index (χ2n) is 1.40. The first-order chi connectivity index (χ1) is 4.43. The highest BCUT2D eigenvalue weighted by Crippen LogP contribution is 2.00. The van der Waals surface area contributed by atoms with Crippen LogP contribution in [0.1, 0.15) is 4.88 Å². The Labute approximate surface area is 57.3 Å². The molecule has 0 fully saturated rings. The van der Waals surface area contributed by atoms with Gasteiger partial charge in [0.1, 0.15) is 0 Å². The fourth-order valence-electron chi connectivity index (χ4n) is 0.432.